The highest BCUT2D eigenvalue weighted by atomic mass is 127. The zero-order valence-electron chi connectivity index (χ0n) is 12.9. The molecule has 2 aliphatic heterocycles. The number of ether oxygens (including phenoxy) is 4. The first-order chi connectivity index (χ1) is 10.8. The molecule has 3 rings (SSSR count). The topological polar surface area (TPSA) is 95.6 Å². The molecule has 2 fully saturated rings. The van der Waals surface area contributed by atoms with Crippen LogP contribution in [0.25, 0.3) is 0 Å². The van der Waals surface area contributed by atoms with Crippen molar-refractivity contribution in [1.29, 1.82) is 5.26 Å². The van der Waals surface area contributed by atoms with E-state index in [2.05, 4.69) is 4.98 Å². The van der Waals surface area contributed by atoms with Crippen molar-refractivity contribution in [2.45, 2.75) is 51.1 Å². The lowest BCUT2D eigenvalue weighted by atomic mass is 10.1. The minimum Gasteiger partial charge on any atom is -0.463 e. The fourth-order valence-corrected chi connectivity index (χ4v) is 3.47. The monoisotopic (exact) mass is 433 g/mol. The number of nitriles is 1. The Morgan fingerprint density at radius 1 is 1.52 bits per heavy atom. The van der Waals surface area contributed by atoms with Gasteiger partial charge in [-0.15, -0.1) is 0 Å². The fraction of sp³-hybridized carbons (Fsp3) is 0.643. The second-order valence-corrected chi connectivity index (χ2v) is 6.86. The predicted octanol–water partition coefficient (Wildman–Crippen LogP) is 1.34. The third-order valence-electron chi connectivity index (χ3n) is 3.69. The van der Waals surface area contributed by atoms with Crippen LogP contribution >= 0.6 is 22.6 Å². The number of esters is 1. The number of rotatable bonds is 3. The van der Waals surface area contributed by atoms with Gasteiger partial charge in [0, 0.05) is 6.92 Å². The molecule has 0 radical (unpaired) electrons. The average Bonchev–Trinajstić information content (AvgIpc) is 3.07. The molecule has 0 saturated carbocycles. The van der Waals surface area contributed by atoms with E-state index in [4.69, 9.17) is 24.2 Å². The summed E-state index contributed by atoms with van der Waals surface area (Å²) in [5, 5.41) is 9.06. The Labute approximate surface area is 146 Å². The van der Waals surface area contributed by atoms with Crippen molar-refractivity contribution < 1.29 is 23.7 Å². The van der Waals surface area contributed by atoms with Crippen LogP contribution in [0.2, 0.25) is 0 Å². The summed E-state index contributed by atoms with van der Waals surface area (Å²) in [5.41, 5.74) is 0.326. The van der Waals surface area contributed by atoms with Crippen molar-refractivity contribution in [2.75, 3.05) is 6.61 Å². The molecule has 2 aliphatic rings. The van der Waals surface area contributed by atoms with Crippen molar-refractivity contribution in [3.05, 3.63) is 15.7 Å². The maximum absolute atomic E-state index is 11.1. The van der Waals surface area contributed by atoms with Crippen molar-refractivity contribution in [2.24, 2.45) is 0 Å². The van der Waals surface area contributed by atoms with E-state index < -0.39 is 18.1 Å². The molecule has 23 heavy (non-hydrogen) atoms. The maximum atomic E-state index is 11.1. The Hall–Kier alpha value is -1.22. The van der Waals surface area contributed by atoms with Crippen LogP contribution in [0.1, 0.15) is 32.7 Å². The molecule has 3 heterocycles. The summed E-state index contributed by atoms with van der Waals surface area (Å²) in [7, 11) is 0. The van der Waals surface area contributed by atoms with Crippen LogP contribution in [0.15, 0.2) is 6.33 Å². The van der Waals surface area contributed by atoms with Gasteiger partial charge in [-0.1, -0.05) is 0 Å². The number of aromatic nitrogens is 2. The van der Waals surface area contributed by atoms with E-state index in [0.29, 0.717) is 9.39 Å². The first-order valence-electron chi connectivity index (χ1n) is 7.09. The molecule has 0 N–H and O–H groups in total. The van der Waals surface area contributed by atoms with Crippen LogP contribution in [-0.4, -0.2) is 46.2 Å². The third-order valence-corrected chi connectivity index (χ3v) is 4.76. The van der Waals surface area contributed by atoms with Gasteiger partial charge in [-0.05, 0) is 36.4 Å². The van der Waals surface area contributed by atoms with Crippen LogP contribution in [0.3, 0.4) is 0 Å². The Morgan fingerprint density at radius 2 is 2.22 bits per heavy atom. The van der Waals surface area contributed by atoms with E-state index in [9.17, 15) is 4.79 Å². The molecular weight excluding hydrogens is 417 g/mol. The molecule has 0 unspecified atom stereocenters. The summed E-state index contributed by atoms with van der Waals surface area (Å²) in [6.45, 7) is 5.08. The van der Waals surface area contributed by atoms with Gasteiger partial charge >= 0.3 is 5.97 Å². The molecule has 8 nitrogen and oxygen atoms in total. The standard InChI is InChI=1S/C14H16IN3O5/c1-7(19)20-5-9-10-11(23-14(2,3)22-10)13(21-9)18-6-17-8(4-16)12(18)15/h6,9-11,13H,5H2,1-3H3/t9-,10-,11-,13-/m1/s1. The van der Waals surface area contributed by atoms with Gasteiger partial charge in [0.2, 0.25) is 0 Å². The van der Waals surface area contributed by atoms with E-state index in [1.54, 1.807) is 10.9 Å². The van der Waals surface area contributed by atoms with Gasteiger partial charge in [-0.2, -0.15) is 5.26 Å². The summed E-state index contributed by atoms with van der Waals surface area (Å²) < 4.78 is 25.3. The summed E-state index contributed by atoms with van der Waals surface area (Å²) in [6, 6.07) is 2.03. The lowest BCUT2D eigenvalue weighted by Gasteiger charge is -2.24. The van der Waals surface area contributed by atoms with Crippen molar-refractivity contribution >= 4 is 28.6 Å². The van der Waals surface area contributed by atoms with E-state index in [0.717, 1.165) is 0 Å². The molecule has 0 amide bonds. The highest BCUT2D eigenvalue weighted by Crippen LogP contribution is 2.43. The second kappa shape index (κ2) is 6.01. The first kappa shape index (κ1) is 16.6. The number of imidazole rings is 1. The molecule has 4 atom stereocenters. The number of halogens is 1. The summed E-state index contributed by atoms with van der Waals surface area (Å²) in [4.78, 5) is 15.1. The Kier molecular flexibility index (Phi) is 4.35. The number of hydrogen-bond donors (Lipinski definition) is 0. The predicted molar refractivity (Wildman–Crippen MR) is 84.0 cm³/mol. The molecule has 0 aliphatic carbocycles. The zero-order chi connectivity index (χ0) is 16.8. The number of hydrogen-bond acceptors (Lipinski definition) is 7. The van der Waals surface area contributed by atoms with Crippen LogP contribution < -0.4 is 0 Å². The molecule has 0 spiro atoms. The summed E-state index contributed by atoms with van der Waals surface area (Å²) >= 11 is 2.04. The molecule has 124 valence electrons. The molecule has 1 aromatic rings. The maximum Gasteiger partial charge on any atom is 0.302 e. The van der Waals surface area contributed by atoms with Gasteiger partial charge < -0.3 is 18.9 Å². The molecule has 0 bridgehead atoms. The molecule has 1 aromatic heterocycles. The first-order valence-corrected chi connectivity index (χ1v) is 8.17. The largest absolute Gasteiger partial charge is 0.463 e. The van der Waals surface area contributed by atoms with Crippen LogP contribution in [0.4, 0.5) is 0 Å². The highest BCUT2D eigenvalue weighted by Gasteiger charge is 2.56. The second-order valence-electron chi connectivity index (χ2n) is 5.84. The van der Waals surface area contributed by atoms with Gasteiger partial charge in [-0.3, -0.25) is 9.36 Å². The zero-order valence-corrected chi connectivity index (χ0v) is 15.0. The summed E-state index contributed by atoms with van der Waals surface area (Å²) in [6.07, 6.45) is -0.133. The van der Waals surface area contributed by atoms with Crippen molar-refractivity contribution in [1.82, 2.24) is 9.55 Å². The van der Waals surface area contributed by atoms with Gasteiger partial charge in [-0.25, -0.2) is 4.98 Å². The van der Waals surface area contributed by atoms with Crippen LogP contribution in [0.5, 0.6) is 0 Å². The van der Waals surface area contributed by atoms with Gasteiger partial charge in [0.05, 0.1) is 6.33 Å². The summed E-state index contributed by atoms with van der Waals surface area (Å²) in [5.74, 6) is -1.13. The molecular formula is C14H16IN3O5. The minimum atomic E-state index is -0.754. The SMILES string of the molecule is CC(=O)OC[C@H]1O[C@@H](n2cnc(C#N)c2I)[C@@H]2OC(C)(C)O[C@@H]21. The number of fused-ring (bicyclic) bond motifs is 1. The van der Waals surface area contributed by atoms with E-state index >= 15 is 0 Å². The minimum absolute atomic E-state index is 0.0861. The fourth-order valence-electron chi connectivity index (χ4n) is 2.82. The smallest absolute Gasteiger partial charge is 0.302 e. The Balaban J connectivity index is 1.87. The molecule has 0 aromatic carbocycles. The third kappa shape index (κ3) is 3.08. The Bertz CT molecular complexity index is 668. The van der Waals surface area contributed by atoms with Crippen molar-refractivity contribution in [3.63, 3.8) is 0 Å². The Morgan fingerprint density at radius 3 is 2.83 bits per heavy atom. The lowest BCUT2D eigenvalue weighted by molar-refractivity contribution is -0.202. The lowest BCUT2D eigenvalue weighted by Crippen LogP contribution is -2.33. The number of carbonyl (C=O) groups excluding carboxylic acids is 1. The van der Waals surface area contributed by atoms with Gasteiger partial charge in [0.25, 0.3) is 0 Å². The van der Waals surface area contributed by atoms with E-state index in [1.807, 2.05) is 42.5 Å². The quantitative estimate of drug-likeness (QED) is 0.525. The average molecular weight is 433 g/mol. The number of nitrogens with zero attached hydrogens (tertiary/aromatic N) is 3. The molecule has 9 heteroatoms. The van der Waals surface area contributed by atoms with E-state index in [-0.39, 0.29) is 24.8 Å². The van der Waals surface area contributed by atoms with Gasteiger partial charge in [0.15, 0.2) is 17.7 Å². The van der Waals surface area contributed by atoms with Crippen molar-refractivity contribution in [3.8, 4) is 6.07 Å². The highest BCUT2D eigenvalue weighted by molar-refractivity contribution is 14.1. The molecule has 2 saturated heterocycles. The normalized spacial score (nSPS) is 31.6. The van der Waals surface area contributed by atoms with Crippen LogP contribution in [-0.2, 0) is 23.7 Å². The van der Waals surface area contributed by atoms with E-state index in [1.165, 1.54) is 6.92 Å². The van der Waals surface area contributed by atoms with Gasteiger partial charge in [0.1, 0.15) is 34.7 Å². The number of carbonyl (C=O) groups is 1. The van der Waals surface area contributed by atoms with Crippen LogP contribution in [0, 0.1) is 15.0 Å².